The van der Waals surface area contributed by atoms with Crippen LogP contribution in [0.15, 0.2) is 86.5 Å². The minimum absolute atomic E-state index is 0.0977. The maximum atomic E-state index is 13.1. The standard InChI is InChI=1S/C23H19N3O4S/c1-29-20-11-5-3-8-17(20)14-24-25-23-26(15-18-9-6-12-30-18)22(28)21(31-23)13-16-7-2-4-10-19(16)27/h2-14,27H,15H2,1H3/b21-13-,24-14-,25-23+. The lowest BCUT2D eigenvalue weighted by atomic mass is 10.2. The Morgan fingerprint density at radius 2 is 1.87 bits per heavy atom. The first-order chi connectivity index (χ1) is 15.2. The average molecular weight is 433 g/mol. The first kappa shape index (κ1) is 20.5. The van der Waals surface area contributed by atoms with E-state index in [-0.39, 0.29) is 18.2 Å². The number of hydrogen-bond donors (Lipinski definition) is 1. The van der Waals surface area contributed by atoms with Gasteiger partial charge in [0.2, 0.25) is 0 Å². The fourth-order valence-electron chi connectivity index (χ4n) is 2.94. The highest BCUT2D eigenvalue weighted by atomic mass is 32.2. The molecule has 7 nitrogen and oxygen atoms in total. The molecule has 2 heterocycles. The van der Waals surface area contributed by atoms with Gasteiger partial charge < -0.3 is 14.3 Å². The monoisotopic (exact) mass is 433 g/mol. The van der Waals surface area contributed by atoms with Crippen LogP contribution in [0.1, 0.15) is 16.9 Å². The van der Waals surface area contributed by atoms with Crippen LogP contribution in [0, 0.1) is 0 Å². The highest BCUT2D eigenvalue weighted by molar-refractivity contribution is 8.18. The van der Waals surface area contributed by atoms with Gasteiger partial charge in [-0.05, 0) is 48.2 Å². The van der Waals surface area contributed by atoms with Crippen LogP contribution >= 0.6 is 11.8 Å². The number of amidine groups is 1. The highest BCUT2D eigenvalue weighted by Gasteiger charge is 2.34. The third-order valence-electron chi connectivity index (χ3n) is 4.48. The van der Waals surface area contributed by atoms with Crippen molar-refractivity contribution in [3.8, 4) is 11.5 Å². The minimum Gasteiger partial charge on any atom is -0.507 e. The van der Waals surface area contributed by atoms with Gasteiger partial charge >= 0.3 is 0 Å². The van der Waals surface area contributed by atoms with Gasteiger partial charge in [-0.1, -0.05) is 30.3 Å². The number of hydrogen-bond acceptors (Lipinski definition) is 7. The van der Waals surface area contributed by atoms with Crippen LogP contribution in [0.25, 0.3) is 6.08 Å². The molecule has 2 aromatic carbocycles. The fourth-order valence-corrected chi connectivity index (χ4v) is 3.87. The number of thioether (sulfide) groups is 1. The Kier molecular flexibility index (Phi) is 6.18. The van der Waals surface area contributed by atoms with Crippen molar-refractivity contribution >= 4 is 35.1 Å². The molecule has 0 atom stereocenters. The van der Waals surface area contributed by atoms with E-state index in [2.05, 4.69) is 10.2 Å². The summed E-state index contributed by atoms with van der Waals surface area (Å²) in [7, 11) is 1.59. The molecule has 0 saturated carbocycles. The lowest BCUT2D eigenvalue weighted by molar-refractivity contribution is -0.122. The molecule has 0 radical (unpaired) electrons. The topological polar surface area (TPSA) is 87.6 Å². The largest absolute Gasteiger partial charge is 0.507 e. The third-order valence-corrected chi connectivity index (χ3v) is 5.48. The van der Waals surface area contributed by atoms with Crippen LogP contribution in [0.2, 0.25) is 0 Å². The second kappa shape index (κ2) is 9.36. The summed E-state index contributed by atoms with van der Waals surface area (Å²) in [5.74, 6) is 1.16. The van der Waals surface area contributed by atoms with E-state index in [1.165, 1.54) is 16.7 Å². The van der Waals surface area contributed by atoms with Crippen molar-refractivity contribution < 1.29 is 19.1 Å². The zero-order valence-corrected chi connectivity index (χ0v) is 17.5. The van der Waals surface area contributed by atoms with Crippen LogP contribution in [-0.4, -0.2) is 34.4 Å². The molecule has 1 aliphatic rings. The summed E-state index contributed by atoms with van der Waals surface area (Å²) in [5, 5.41) is 18.9. The molecule has 0 spiro atoms. The molecule has 0 aliphatic carbocycles. The van der Waals surface area contributed by atoms with Gasteiger partial charge in [0.1, 0.15) is 17.3 Å². The van der Waals surface area contributed by atoms with Gasteiger partial charge in [-0.25, -0.2) is 0 Å². The Morgan fingerprint density at radius 3 is 2.61 bits per heavy atom. The van der Waals surface area contributed by atoms with E-state index in [1.54, 1.807) is 62.1 Å². The number of carbonyl (C=O) groups is 1. The van der Waals surface area contributed by atoms with Gasteiger partial charge in [0, 0.05) is 11.1 Å². The molecule has 1 aliphatic heterocycles. The van der Waals surface area contributed by atoms with Gasteiger partial charge in [0.25, 0.3) is 5.91 Å². The van der Waals surface area contributed by atoms with E-state index in [0.29, 0.717) is 27.1 Å². The first-order valence-corrected chi connectivity index (χ1v) is 10.2. The van der Waals surface area contributed by atoms with Gasteiger partial charge in [0.15, 0.2) is 5.17 Å². The smallest absolute Gasteiger partial charge is 0.267 e. The summed E-state index contributed by atoms with van der Waals surface area (Å²) in [6.07, 6.45) is 4.77. The van der Waals surface area contributed by atoms with E-state index in [0.717, 1.165) is 5.56 Å². The maximum Gasteiger partial charge on any atom is 0.267 e. The quantitative estimate of drug-likeness (QED) is 0.351. The van der Waals surface area contributed by atoms with E-state index in [9.17, 15) is 9.90 Å². The van der Waals surface area contributed by atoms with Crippen LogP contribution in [0.3, 0.4) is 0 Å². The zero-order chi connectivity index (χ0) is 21.6. The summed E-state index contributed by atoms with van der Waals surface area (Å²) in [6.45, 7) is 0.222. The minimum atomic E-state index is -0.240. The molecule has 3 aromatic rings. The Labute approximate surface area is 183 Å². The molecule has 1 aromatic heterocycles. The number of para-hydroxylation sites is 2. The lowest BCUT2D eigenvalue weighted by Crippen LogP contribution is -2.28. The van der Waals surface area contributed by atoms with Crippen molar-refractivity contribution in [1.82, 2.24) is 4.90 Å². The van der Waals surface area contributed by atoms with E-state index in [4.69, 9.17) is 9.15 Å². The van der Waals surface area contributed by atoms with E-state index in [1.807, 2.05) is 24.3 Å². The SMILES string of the molecule is COc1ccccc1/C=N\N=C1\S/C(=C\c2ccccc2O)C(=O)N1Cc1ccco1. The average Bonchev–Trinajstić information content (AvgIpc) is 3.40. The summed E-state index contributed by atoms with van der Waals surface area (Å²) in [5.41, 5.74) is 1.32. The number of amides is 1. The Hall–Kier alpha value is -3.78. The van der Waals surface area contributed by atoms with Crippen LogP contribution < -0.4 is 4.74 Å². The lowest BCUT2D eigenvalue weighted by Gasteiger charge is -2.12. The predicted molar refractivity (Wildman–Crippen MR) is 121 cm³/mol. The zero-order valence-electron chi connectivity index (χ0n) is 16.6. The number of nitrogens with zero attached hydrogens (tertiary/aromatic N) is 3. The summed E-state index contributed by atoms with van der Waals surface area (Å²) < 4.78 is 10.7. The van der Waals surface area contributed by atoms with Crippen LogP contribution in [0.4, 0.5) is 0 Å². The second-order valence-electron chi connectivity index (χ2n) is 6.51. The molecule has 0 unspecified atom stereocenters. The summed E-state index contributed by atoms with van der Waals surface area (Å²) >= 11 is 1.19. The molecule has 1 amide bonds. The molecule has 1 N–H and O–H groups in total. The normalized spacial score (nSPS) is 16.7. The number of methoxy groups -OCH3 is 1. The third kappa shape index (κ3) is 4.70. The Balaban J connectivity index is 1.65. The molecule has 0 bridgehead atoms. The molecule has 31 heavy (non-hydrogen) atoms. The number of phenolic OH excluding ortho intramolecular Hbond substituents is 1. The maximum absolute atomic E-state index is 13.1. The van der Waals surface area contributed by atoms with Crippen molar-refractivity contribution in [3.63, 3.8) is 0 Å². The van der Waals surface area contributed by atoms with E-state index < -0.39 is 0 Å². The number of benzene rings is 2. The number of carbonyl (C=O) groups excluding carboxylic acids is 1. The number of ether oxygens (including phenoxy) is 1. The molecule has 4 rings (SSSR count). The van der Waals surface area contributed by atoms with Crippen molar-refractivity contribution in [2.45, 2.75) is 6.54 Å². The first-order valence-electron chi connectivity index (χ1n) is 9.41. The summed E-state index contributed by atoms with van der Waals surface area (Å²) in [4.78, 5) is 15.0. The van der Waals surface area contributed by atoms with Crippen LogP contribution in [-0.2, 0) is 11.3 Å². The van der Waals surface area contributed by atoms with Gasteiger partial charge in [0.05, 0.1) is 31.0 Å². The number of rotatable bonds is 6. The Bertz CT molecular complexity index is 1170. The van der Waals surface area contributed by atoms with Gasteiger partial charge in [-0.2, -0.15) is 5.10 Å². The molecular weight excluding hydrogens is 414 g/mol. The molecule has 1 fully saturated rings. The molecule has 156 valence electrons. The van der Waals surface area contributed by atoms with Crippen molar-refractivity contribution in [2.24, 2.45) is 10.2 Å². The number of phenols is 1. The highest BCUT2D eigenvalue weighted by Crippen LogP contribution is 2.35. The van der Waals surface area contributed by atoms with Gasteiger partial charge in [-0.15, -0.1) is 5.10 Å². The Morgan fingerprint density at radius 1 is 1.10 bits per heavy atom. The van der Waals surface area contributed by atoms with E-state index >= 15 is 0 Å². The summed E-state index contributed by atoms with van der Waals surface area (Å²) in [6, 6.07) is 17.8. The van der Waals surface area contributed by atoms with Crippen molar-refractivity contribution in [2.75, 3.05) is 7.11 Å². The number of furan rings is 1. The molecular formula is C23H19N3O4S. The van der Waals surface area contributed by atoms with Crippen molar-refractivity contribution in [1.29, 1.82) is 0 Å². The fraction of sp³-hybridized carbons (Fsp3) is 0.0870. The van der Waals surface area contributed by atoms with Crippen LogP contribution in [0.5, 0.6) is 11.5 Å². The molecule has 1 saturated heterocycles. The van der Waals surface area contributed by atoms with Gasteiger partial charge in [-0.3, -0.25) is 9.69 Å². The predicted octanol–water partition coefficient (Wildman–Crippen LogP) is 4.50. The molecule has 8 heteroatoms. The van der Waals surface area contributed by atoms with Crippen molar-refractivity contribution in [3.05, 3.63) is 88.7 Å². The number of aromatic hydroxyl groups is 1. The second-order valence-corrected chi connectivity index (χ2v) is 7.52.